The molecule has 1 saturated carbocycles. The van der Waals surface area contributed by atoms with Gasteiger partial charge in [-0.1, -0.05) is 32.5 Å². The Morgan fingerprint density at radius 3 is 2.70 bits per heavy atom. The zero-order valence-corrected chi connectivity index (χ0v) is 19.0. The lowest BCUT2D eigenvalue weighted by molar-refractivity contribution is -0.196. The van der Waals surface area contributed by atoms with Gasteiger partial charge >= 0.3 is 11.9 Å². The van der Waals surface area contributed by atoms with Gasteiger partial charge in [0.25, 0.3) is 0 Å². The highest BCUT2D eigenvalue weighted by Crippen LogP contribution is 2.40. The van der Waals surface area contributed by atoms with Crippen LogP contribution >= 0.6 is 0 Å². The second kappa shape index (κ2) is 14.1. The van der Waals surface area contributed by atoms with Crippen LogP contribution in [0, 0.1) is 11.8 Å². The lowest BCUT2D eigenvalue weighted by Gasteiger charge is -2.30. The number of carboxylic acids is 1. The average molecular weight is 482 g/mol. The molecule has 6 nitrogen and oxygen atoms in total. The summed E-state index contributed by atoms with van der Waals surface area (Å²) in [4.78, 5) is 36.2. The summed E-state index contributed by atoms with van der Waals surface area (Å²) in [5.74, 6) is -8.10. The van der Waals surface area contributed by atoms with Gasteiger partial charge in [0.1, 0.15) is 5.78 Å². The van der Waals surface area contributed by atoms with E-state index in [0.29, 0.717) is 45.1 Å². The number of carboxylic acid groups (broad SMARTS) is 1. The second-order valence-corrected chi connectivity index (χ2v) is 8.90. The van der Waals surface area contributed by atoms with Crippen molar-refractivity contribution in [3.63, 3.8) is 0 Å². The zero-order valence-electron chi connectivity index (χ0n) is 26.0. The van der Waals surface area contributed by atoms with Gasteiger partial charge in [-0.15, -0.1) is 0 Å². The number of alkyl halides is 2. The normalized spacial score (nSPS) is 30.4. The Bertz CT molecular complexity index is 878. The van der Waals surface area contributed by atoms with E-state index in [4.69, 9.17) is 24.2 Å². The minimum absolute atomic E-state index is 0.0418. The lowest BCUT2D eigenvalue weighted by Crippen LogP contribution is -2.33. The van der Waals surface area contributed by atoms with Crippen LogP contribution in [-0.2, 0) is 23.9 Å². The van der Waals surface area contributed by atoms with Crippen molar-refractivity contribution < 1.29 is 47.3 Å². The van der Waals surface area contributed by atoms with Gasteiger partial charge in [0, 0.05) is 47.8 Å². The fraction of sp³-hybridized carbons (Fsp3) is 0.880. The van der Waals surface area contributed by atoms with Crippen LogP contribution in [0.1, 0.15) is 113 Å². The van der Waals surface area contributed by atoms with E-state index in [1.54, 1.807) is 0 Å². The van der Waals surface area contributed by atoms with Crippen LogP contribution in [0.15, 0.2) is 0 Å². The van der Waals surface area contributed by atoms with E-state index < -0.39 is 74.3 Å². The number of aliphatic carboxylic acids is 1. The van der Waals surface area contributed by atoms with Gasteiger partial charge in [0.2, 0.25) is 5.78 Å². The minimum atomic E-state index is -4.33. The fourth-order valence-electron chi connectivity index (χ4n) is 4.65. The number of ketones is 2. The molecule has 1 aliphatic carbocycles. The Morgan fingerprint density at radius 1 is 1.21 bits per heavy atom. The highest BCUT2D eigenvalue weighted by Gasteiger charge is 2.45. The molecule has 2 rings (SSSR count). The minimum Gasteiger partial charge on any atom is -0.481 e. The maximum Gasteiger partial charge on any atom is 0.305 e. The first kappa shape index (κ1) is 18.9. The Hall–Kier alpha value is -1.41. The molecule has 1 unspecified atom stereocenters. The second-order valence-electron chi connectivity index (χ2n) is 8.90. The number of rotatable bonds is 16. The molecule has 2 aliphatic rings. The Labute approximate surface area is 205 Å². The van der Waals surface area contributed by atoms with E-state index in [1.807, 2.05) is 0 Å². The molecule has 1 saturated heterocycles. The Morgan fingerprint density at radius 2 is 2.00 bits per heavy atom. The number of carbonyl (C=O) groups is 3. The molecule has 0 bridgehead atoms. The van der Waals surface area contributed by atoms with Gasteiger partial charge in [0.15, 0.2) is 6.29 Å². The van der Waals surface area contributed by atoms with Crippen molar-refractivity contribution in [2.45, 2.75) is 121 Å². The topological polar surface area (TPSA) is 89.9 Å². The zero-order chi connectivity index (χ0) is 30.4. The van der Waals surface area contributed by atoms with Crippen LogP contribution in [0.3, 0.4) is 0 Å². The Balaban J connectivity index is 2.08. The molecule has 0 spiro atoms. The van der Waals surface area contributed by atoms with Crippen LogP contribution in [0.25, 0.3) is 0 Å². The molecule has 2 fully saturated rings. The van der Waals surface area contributed by atoms with Crippen LogP contribution in [0.2, 0.25) is 0 Å². The summed E-state index contributed by atoms with van der Waals surface area (Å²) >= 11 is 0. The van der Waals surface area contributed by atoms with E-state index in [1.165, 1.54) is 0 Å². The lowest BCUT2D eigenvalue weighted by atomic mass is 9.84. The summed E-state index contributed by atoms with van der Waals surface area (Å²) < 4.78 is 93.4. The third-order valence-electron chi connectivity index (χ3n) is 6.44. The van der Waals surface area contributed by atoms with E-state index in [9.17, 15) is 23.2 Å². The van der Waals surface area contributed by atoms with E-state index in [-0.39, 0.29) is 25.0 Å². The van der Waals surface area contributed by atoms with Crippen molar-refractivity contribution in [2.75, 3.05) is 6.61 Å². The monoisotopic (exact) mass is 481 g/mol. The number of hydrogen-bond donors (Lipinski definition) is 1. The predicted molar refractivity (Wildman–Crippen MR) is 119 cm³/mol. The predicted octanol–water partition coefficient (Wildman–Crippen LogP) is 5.70. The average Bonchev–Trinajstić information content (AvgIpc) is 3.12. The summed E-state index contributed by atoms with van der Waals surface area (Å²) in [6, 6.07) is 0. The van der Waals surface area contributed by atoms with Crippen LogP contribution < -0.4 is 0 Å². The smallest absolute Gasteiger partial charge is 0.305 e. The molecule has 33 heavy (non-hydrogen) atoms. The van der Waals surface area contributed by atoms with E-state index in [2.05, 4.69) is 0 Å². The first-order valence-corrected chi connectivity index (χ1v) is 11.8. The summed E-state index contributed by atoms with van der Waals surface area (Å²) in [7, 11) is 0. The molecule has 4 atom stereocenters. The van der Waals surface area contributed by atoms with Crippen molar-refractivity contribution in [1.82, 2.24) is 0 Å². The SMILES string of the molecule is [2H]C([2H])([2H])C([2H])([2H])C([2H])([2H])CC(F)(F)C(=O)CC[C@@H]1[C@@H](OC2CCCCO2)CC(=O)[C@H]1CCCCCCC(=O)O. The van der Waals surface area contributed by atoms with Crippen molar-refractivity contribution in [1.29, 1.82) is 0 Å². The van der Waals surface area contributed by atoms with Crippen molar-refractivity contribution >= 4 is 17.5 Å². The highest BCUT2D eigenvalue weighted by atomic mass is 19.3. The molecule has 190 valence electrons. The summed E-state index contributed by atoms with van der Waals surface area (Å²) in [6.45, 7) is -3.03. The van der Waals surface area contributed by atoms with Gasteiger partial charge in [0.05, 0.1) is 6.10 Å². The van der Waals surface area contributed by atoms with Crippen molar-refractivity contribution in [3.05, 3.63) is 0 Å². The fourth-order valence-corrected chi connectivity index (χ4v) is 4.65. The highest BCUT2D eigenvalue weighted by molar-refractivity contribution is 5.86. The maximum atomic E-state index is 14.8. The van der Waals surface area contributed by atoms with Crippen LogP contribution in [0.4, 0.5) is 8.78 Å². The van der Waals surface area contributed by atoms with Gasteiger partial charge in [-0.25, -0.2) is 0 Å². The molecule has 0 aromatic heterocycles. The summed E-state index contributed by atoms with van der Waals surface area (Å²) in [5.41, 5.74) is 0. The molecule has 0 aromatic carbocycles. The van der Waals surface area contributed by atoms with Crippen LogP contribution in [-0.4, -0.2) is 47.6 Å². The first-order valence-electron chi connectivity index (χ1n) is 15.3. The van der Waals surface area contributed by atoms with E-state index >= 15 is 0 Å². The molecule has 1 N–H and O–H groups in total. The molecule has 1 heterocycles. The largest absolute Gasteiger partial charge is 0.481 e. The number of halogens is 2. The molecule has 8 heteroatoms. The number of Topliss-reactive ketones (excluding diaryl/α,β-unsaturated/α-hetero) is 2. The quantitative estimate of drug-likeness (QED) is 0.284. The first-order chi connectivity index (χ1) is 18.4. The molecular weight excluding hydrogens is 434 g/mol. The van der Waals surface area contributed by atoms with E-state index in [0.717, 1.165) is 12.8 Å². The summed E-state index contributed by atoms with van der Waals surface area (Å²) in [5, 5.41) is 8.76. The van der Waals surface area contributed by atoms with Gasteiger partial charge < -0.3 is 14.6 Å². The third-order valence-corrected chi connectivity index (χ3v) is 6.44. The molecule has 0 radical (unpaired) electrons. The van der Waals surface area contributed by atoms with Crippen LogP contribution in [0.5, 0.6) is 0 Å². The third kappa shape index (κ3) is 9.39. The number of carbonyl (C=O) groups excluding carboxylic acids is 2. The molecular formula is C25H40F2O6. The number of unbranched alkanes of at least 4 members (excludes halogenated alkanes) is 3. The summed E-state index contributed by atoms with van der Waals surface area (Å²) in [6.07, 6.45) is -5.82. The Kier molecular flexibility index (Phi) is 8.06. The standard InChI is InChI=1S/C25H40F2O6/c1-2-3-15-25(26,27)22(29)14-13-19-18(10-6-4-5-7-11-23(30)31)20(28)17-21(19)33-24-12-8-9-16-32-24/h18-19,21,24H,2-17H2,1H3,(H,30,31)/t18-,19-,21-,24?/m0/s1/i1D3,2D2,3D2. The van der Waals surface area contributed by atoms with Crippen molar-refractivity contribution in [3.8, 4) is 0 Å². The van der Waals surface area contributed by atoms with Gasteiger partial charge in [-0.2, -0.15) is 8.78 Å². The maximum absolute atomic E-state index is 14.8. The van der Waals surface area contributed by atoms with Gasteiger partial charge in [-0.05, 0) is 50.8 Å². The van der Waals surface area contributed by atoms with Gasteiger partial charge in [-0.3, -0.25) is 14.4 Å². The molecule has 0 aromatic rings. The molecule has 0 amide bonds. The molecule has 1 aliphatic heterocycles. The van der Waals surface area contributed by atoms with Crippen molar-refractivity contribution in [2.24, 2.45) is 11.8 Å². The number of ether oxygens (including phenoxy) is 2. The number of hydrogen-bond acceptors (Lipinski definition) is 5.